The number of urea groups is 1. The second-order valence-electron chi connectivity index (χ2n) is 4.07. The number of nitrogen functional groups attached to an aromatic ring is 1. The van der Waals surface area contributed by atoms with Crippen LogP contribution in [-0.4, -0.2) is 32.7 Å². The SMILES string of the molecule is CNC(=O)NC(=O)C(C)S(=O)(=O)c1c(F)cc(N)cc1F. The van der Waals surface area contributed by atoms with Crippen LogP contribution in [0.4, 0.5) is 19.3 Å². The van der Waals surface area contributed by atoms with E-state index < -0.39 is 43.6 Å². The summed E-state index contributed by atoms with van der Waals surface area (Å²) < 4.78 is 51.5. The molecule has 0 saturated heterocycles. The molecule has 116 valence electrons. The summed E-state index contributed by atoms with van der Waals surface area (Å²) in [5, 5.41) is 1.89. The smallest absolute Gasteiger partial charge is 0.321 e. The second-order valence-corrected chi connectivity index (χ2v) is 6.27. The van der Waals surface area contributed by atoms with Gasteiger partial charge in [0.15, 0.2) is 9.84 Å². The number of imide groups is 1. The first-order valence-corrected chi connectivity index (χ1v) is 7.17. The van der Waals surface area contributed by atoms with Crippen molar-refractivity contribution in [2.45, 2.75) is 17.1 Å². The summed E-state index contributed by atoms with van der Waals surface area (Å²) in [5.74, 6) is -4.04. The van der Waals surface area contributed by atoms with Crippen LogP contribution in [0, 0.1) is 11.6 Å². The average Bonchev–Trinajstić information content (AvgIpc) is 2.35. The van der Waals surface area contributed by atoms with Gasteiger partial charge >= 0.3 is 6.03 Å². The molecule has 1 rings (SSSR count). The summed E-state index contributed by atoms with van der Waals surface area (Å²) in [5.41, 5.74) is 4.88. The van der Waals surface area contributed by atoms with Crippen molar-refractivity contribution in [2.24, 2.45) is 0 Å². The van der Waals surface area contributed by atoms with E-state index in [9.17, 15) is 26.8 Å². The first-order chi connectivity index (χ1) is 9.61. The summed E-state index contributed by atoms with van der Waals surface area (Å²) in [6.07, 6.45) is 0. The summed E-state index contributed by atoms with van der Waals surface area (Å²) in [6, 6.07) is 0.305. The fraction of sp³-hybridized carbons (Fsp3) is 0.273. The molecule has 0 radical (unpaired) electrons. The first-order valence-electron chi connectivity index (χ1n) is 5.62. The molecule has 0 fully saturated rings. The molecule has 7 nitrogen and oxygen atoms in total. The minimum absolute atomic E-state index is 0.300. The van der Waals surface area contributed by atoms with E-state index in [0.29, 0.717) is 12.1 Å². The van der Waals surface area contributed by atoms with Crippen LogP contribution in [0.5, 0.6) is 0 Å². The van der Waals surface area contributed by atoms with Gasteiger partial charge in [0, 0.05) is 12.7 Å². The molecule has 3 amide bonds. The largest absolute Gasteiger partial charge is 0.399 e. The monoisotopic (exact) mass is 321 g/mol. The summed E-state index contributed by atoms with van der Waals surface area (Å²) in [6.45, 7) is 0.906. The maximum atomic E-state index is 13.6. The Balaban J connectivity index is 3.23. The molecular weight excluding hydrogens is 308 g/mol. The highest BCUT2D eigenvalue weighted by Gasteiger charge is 2.35. The number of carbonyl (C=O) groups is 2. The lowest BCUT2D eigenvalue weighted by Crippen LogP contribution is -2.45. The maximum absolute atomic E-state index is 13.6. The van der Waals surface area contributed by atoms with Gasteiger partial charge in [-0.2, -0.15) is 0 Å². The van der Waals surface area contributed by atoms with Gasteiger partial charge in [-0.1, -0.05) is 0 Å². The van der Waals surface area contributed by atoms with E-state index in [4.69, 9.17) is 5.73 Å². The second kappa shape index (κ2) is 6.04. The molecule has 0 bridgehead atoms. The predicted molar refractivity (Wildman–Crippen MR) is 70.0 cm³/mol. The molecule has 1 aromatic rings. The first kappa shape index (κ1) is 16.8. The molecule has 0 aliphatic rings. The summed E-state index contributed by atoms with van der Waals surface area (Å²) in [7, 11) is -3.46. The van der Waals surface area contributed by atoms with E-state index in [1.165, 1.54) is 7.05 Å². The Morgan fingerprint density at radius 1 is 1.24 bits per heavy atom. The number of rotatable bonds is 3. The maximum Gasteiger partial charge on any atom is 0.321 e. The zero-order valence-corrected chi connectivity index (χ0v) is 11.9. The standard InChI is InChI=1S/C11H13F2N3O4S/c1-5(10(17)16-11(18)15-2)21(19,20)9-7(12)3-6(14)4-8(9)13/h3-5H,14H2,1-2H3,(H2,15,16,17,18). The zero-order chi connectivity index (χ0) is 16.4. The van der Waals surface area contributed by atoms with E-state index in [-0.39, 0.29) is 5.69 Å². The number of nitrogens with one attached hydrogen (secondary N) is 2. The lowest BCUT2D eigenvalue weighted by molar-refractivity contribution is -0.119. The number of benzene rings is 1. The predicted octanol–water partition coefficient (Wildman–Crippen LogP) is 0.165. The number of hydrogen-bond donors (Lipinski definition) is 3. The topological polar surface area (TPSA) is 118 Å². The Kier molecular flexibility index (Phi) is 4.84. The molecule has 1 aromatic carbocycles. The number of anilines is 1. The van der Waals surface area contributed by atoms with Crippen LogP contribution in [0.25, 0.3) is 0 Å². The van der Waals surface area contributed by atoms with Crippen molar-refractivity contribution >= 4 is 27.5 Å². The van der Waals surface area contributed by atoms with Crippen molar-refractivity contribution in [2.75, 3.05) is 12.8 Å². The van der Waals surface area contributed by atoms with Gasteiger partial charge < -0.3 is 11.1 Å². The lowest BCUT2D eigenvalue weighted by Gasteiger charge is -2.14. The molecule has 0 spiro atoms. The highest BCUT2D eigenvalue weighted by atomic mass is 32.2. The Morgan fingerprint density at radius 3 is 2.14 bits per heavy atom. The molecule has 0 heterocycles. The van der Waals surface area contributed by atoms with Crippen molar-refractivity contribution < 1.29 is 26.8 Å². The molecule has 21 heavy (non-hydrogen) atoms. The molecular formula is C11H13F2N3O4S. The highest BCUT2D eigenvalue weighted by Crippen LogP contribution is 2.25. The highest BCUT2D eigenvalue weighted by molar-refractivity contribution is 7.92. The van der Waals surface area contributed by atoms with Crippen LogP contribution < -0.4 is 16.4 Å². The van der Waals surface area contributed by atoms with E-state index in [0.717, 1.165) is 6.92 Å². The molecule has 10 heteroatoms. The van der Waals surface area contributed by atoms with Crippen LogP contribution in [0.3, 0.4) is 0 Å². The fourth-order valence-electron chi connectivity index (χ4n) is 1.45. The minimum Gasteiger partial charge on any atom is -0.399 e. The Morgan fingerprint density at radius 2 is 1.71 bits per heavy atom. The molecule has 0 aliphatic heterocycles. The third-order valence-corrected chi connectivity index (χ3v) is 4.71. The van der Waals surface area contributed by atoms with Gasteiger partial charge in [0.05, 0.1) is 0 Å². The van der Waals surface area contributed by atoms with E-state index in [1.54, 1.807) is 5.32 Å². The number of sulfone groups is 1. The Hall–Kier alpha value is -2.23. The van der Waals surface area contributed by atoms with E-state index in [2.05, 4.69) is 0 Å². The lowest BCUT2D eigenvalue weighted by atomic mass is 10.3. The van der Waals surface area contributed by atoms with Crippen molar-refractivity contribution in [3.63, 3.8) is 0 Å². The molecule has 4 N–H and O–H groups in total. The normalized spacial score (nSPS) is 12.6. The number of carbonyl (C=O) groups excluding carboxylic acids is 2. The van der Waals surface area contributed by atoms with Gasteiger partial charge in [-0.3, -0.25) is 10.1 Å². The number of halogens is 2. The molecule has 1 atom stereocenters. The zero-order valence-electron chi connectivity index (χ0n) is 11.1. The van der Waals surface area contributed by atoms with Crippen molar-refractivity contribution in [1.82, 2.24) is 10.6 Å². The van der Waals surface area contributed by atoms with Gasteiger partial charge in [0.1, 0.15) is 21.8 Å². The van der Waals surface area contributed by atoms with Crippen LogP contribution >= 0.6 is 0 Å². The van der Waals surface area contributed by atoms with Crippen LogP contribution in [0.1, 0.15) is 6.92 Å². The summed E-state index contributed by atoms with van der Waals surface area (Å²) >= 11 is 0. The van der Waals surface area contributed by atoms with Gasteiger partial charge in [0.25, 0.3) is 0 Å². The fourth-order valence-corrected chi connectivity index (χ4v) is 2.80. The minimum atomic E-state index is -4.67. The van der Waals surface area contributed by atoms with Gasteiger partial charge in [-0.25, -0.2) is 22.0 Å². The Bertz CT molecular complexity index is 668. The number of nitrogens with two attached hydrogens (primary N) is 1. The van der Waals surface area contributed by atoms with Gasteiger partial charge in [-0.15, -0.1) is 0 Å². The number of hydrogen-bond acceptors (Lipinski definition) is 5. The van der Waals surface area contributed by atoms with Crippen LogP contribution in [0.15, 0.2) is 17.0 Å². The van der Waals surface area contributed by atoms with E-state index in [1.807, 2.05) is 5.32 Å². The molecule has 0 aliphatic carbocycles. The Labute approximate surface area is 119 Å². The van der Waals surface area contributed by atoms with E-state index >= 15 is 0 Å². The third kappa shape index (κ3) is 3.45. The number of amides is 3. The average molecular weight is 321 g/mol. The van der Waals surface area contributed by atoms with Crippen molar-refractivity contribution in [3.8, 4) is 0 Å². The summed E-state index contributed by atoms with van der Waals surface area (Å²) in [4.78, 5) is 21.3. The van der Waals surface area contributed by atoms with Crippen LogP contribution in [0.2, 0.25) is 0 Å². The molecule has 1 unspecified atom stereocenters. The molecule has 0 saturated carbocycles. The van der Waals surface area contributed by atoms with Gasteiger partial charge in [-0.05, 0) is 19.1 Å². The van der Waals surface area contributed by atoms with Crippen molar-refractivity contribution in [1.29, 1.82) is 0 Å². The quantitative estimate of drug-likeness (QED) is 0.686. The van der Waals surface area contributed by atoms with Gasteiger partial charge in [0.2, 0.25) is 5.91 Å². The molecule has 0 aromatic heterocycles. The third-order valence-electron chi connectivity index (χ3n) is 2.60. The van der Waals surface area contributed by atoms with Crippen molar-refractivity contribution in [3.05, 3.63) is 23.8 Å². The van der Waals surface area contributed by atoms with Crippen LogP contribution in [-0.2, 0) is 14.6 Å².